The lowest BCUT2D eigenvalue weighted by Gasteiger charge is -2.39. The molecule has 0 radical (unpaired) electrons. The molecule has 2 fully saturated rings. The van der Waals surface area contributed by atoms with Crippen molar-refractivity contribution in [2.75, 3.05) is 37.6 Å². The number of rotatable bonds is 5. The molecule has 1 atom stereocenters. The molecule has 1 saturated heterocycles. The normalized spacial score (nSPS) is 20.6. The van der Waals surface area contributed by atoms with Crippen molar-refractivity contribution in [3.63, 3.8) is 0 Å². The average Bonchev–Trinajstić information content (AvgIpc) is 2.75. The summed E-state index contributed by atoms with van der Waals surface area (Å²) in [6.45, 7) is 5.57. The van der Waals surface area contributed by atoms with E-state index in [0.29, 0.717) is 0 Å². The maximum absolute atomic E-state index is 10.9. The number of benzene rings is 1. The third kappa shape index (κ3) is 4.50. The maximum Gasteiger partial charge on any atom is 0.108 e. The van der Waals surface area contributed by atoms with Gasteiger partial charge in [-0.3, -0.25) is 9.88 Å². The molecule has 4 heteroatoms. The van der Waals surface area contributed by atoms with E-state index in [4.69, 9.17) is 0 Å². The highest BCUT2D eigenvalue weighted by molar-refractivity contribution is 5.56. The quantitative estimate of drug-likeness (QED) is 0.873. The molecule has 2 heterocycles. The van der Waals surface area contributed by atoms with Crippen molar-refractivity contribution < 1.29 is 5.11 Å². The number of anilines is 1. The van der Waals surface area contributed by atoms with Gasteiger partial charge in [0.1, 0.15) is 6.10 Å². The second-order valence-corrected chi connectivity index (χ2v) is 8.04. The molecule has 1 unspecified atom stereocenters. The van der Waals surface area contributed by atoms with Crippen LogP contribution in [-0.4, -0.2) is 47.7 Å². The molecule has 1 aliphatic heterocycles. The summed E-state index contributed by atoms with van der Waals surface area (Å²) in [7, 11) is 0. The summed E-state index contributed by atoms with van der Waals surface area (Å²) in [6, 6.07) is 12.1. The van der Waals surface area contributed by atoms with Gasteiger partial charge < -0.3 is 10.0 Å². The first-order valence-corrected chi connectivity index (χ1v) is 10.5. The minimum atomic E-state index is -0.629. The Morgan fingerprint density at radius 3 is 2.48 bits per heavy atom. The van der Waals surface area contributed by atoms with Gasteiger partial charge in [-0.05, 0) is 30.9 Å². The monoisotopic (exact) mass is 365 g/mol. The van der Waals surface area contributed by atoms with Crippen LogP contribution in [0.25, 0.3) is 0 Å². The van der Waals surface area contributed by atoms with Crippen LogP contribution in [0.5, 0.6) is 0 Å². The van der Waals surface area contributed by atoms with Gasteiger partial charge in [0.2, 0.25) is 0 Å². The van der Waals surface area contributed by atoms with Gasteiger partial charge in [0, 0.05) is 61.9 Å². The van der Waals surface area contributed by atoms with E-state index in [1.54, 1.807) is 12.4 Å². The zero-order valence-electron chi connectivity index (χ0n) is 16.1. The molecule has 0 amide bonds. The van der Waals surface area contributed by atoms with E-state index in [-0.39, 0.29) is 0 Å². The van der Waals surface area contributed by atoms with Crippen molar-refractivity contribution in [1.82, 2.24) is 9.88 Å². The summed E-state index contributed by atoms with van der Waals surface area (Å²) in [6.07, 6.45) is 9.97. The summed E-state index contributed by atoms with van der Waals surface area (Å²) in [5, 5.41) is 10.9. The van der Waals surface area contributed by atoms with Gasteiger partial charge in [-0.2, -0.15) is 0 Å². The number of para-hydroxylation sites is 1. The number of piperazine rings is 1. The zero-order chi connectivity index (χ0) is 18.5. The Morgan fingerprint density at radius 1 is 0.963 bits per heavy atom. The standard InChI is InChI=1S/C23H31N3O/c27-23(20-9-6-12-24-17-20)21-10-4-5-11-22(21)26-15-13-25(14-16-26)18-19-7-2-1-3-8-19/h4-6,9-12,17,19,23,27H,1-3,7-8,13-16,18H2. The number of aromatic nitrogens is 1. The molecule has 4 rings (SSSR count). The number of nitrogens with zero attached hydrogens (tertiary/aromatic N) is 3. The van der Waals surface area contributed by atoms with Crippen molar-refractivity contribution in [3.8, 4) is 0 Å². The van der Waals surface area contributed by atoms with Crippen LogP contribution in [0.1, 0.15) is 49.3 Å². The van der Waals surface area contributed by atoms with Gasteiger partial charge in [0.25, 0.3) is 0 Å². The highest BCUT2D eigenvalue weighted by atomic mass is 16.3. The Hall–Kier alpha value is -1.91. The van der Waals surface area contributed by atoms with E-state index >= 15 is 0 Å². The van der Waals surface area contributed by atoms with Crippen LogP contribution in [0, 0.1) is 5.92 Å². The molecule has 1 aromatic carbocycles. The molecular weight excluding hydrogens is 334 g/mol. The van der Waals surface area contributed by atoms with Gasteiger partial charge >= 0.3 is 0 Å². The highest BCUT2D eigenvalue weighted by Crippen LogP contribution is 2.31. The zero-order valence-corrected chi connectivity index (χ0v) is 16.1. The van der Waals surface area contributed by atoms with E-state index in [1.807, 2.05) is 24.3 Å². The van der Waals surface area contributed by atoms with Gasteiger partial charge in [-0.15, -0.1) is 0 Å². The molecule has 0 spiro atoms. The Labute approximate surface area is 162 Å². The first kappa shape index (κ1) is 18.5. The molecule has 144 valence electrons. The predicted octanol–water partition coefficient (Wildman–Crippen LogP) is 3.87. The fraction of sp³-hybridized carbons (Fsp3) is 0.522. The summed E-state index contributed by atoms with van der Waals surface area (Å²) < 4.78 is 0. The number of aliphatic hydroxyl groups is 1. The molecule has 1 N–H and O–H groups in total. The van der Waals surface area contributed by atoms with E-state index in [0.717, 1.165) is 48.9 Å². The molecule has 2 aliphatic rings. The van der Waals surface area contributed by atoms with Gasteiger partial charge in [-0.1, -0.05) is 43.5 Å². The van der Waals surface area contributed by atoms with E-state index < -0.39 is 6.10 Å². The maximum atomic E-state index is 10.9. The topological polar surface area (TPSA) is 39.6 Å². The van der Waals surface area contributed by atoms with Crippen molar-refractivity contribution >= 4 is 5.69 Å². The number of aliphatic hydroxyl groups excluding tert-OH is 1. The van der Waals surface area contributed by atoms with Crippen LogP contribution in [0.2, 0.25) is 0 Å². The van der Waals surface area contributed by atoms with Gasteiger partial charge in [0.15, 0.2) is 0 Å². The largest absolute Gasteiger partial charge is 0.384 e. The minimum Gasteiger partial charge on any atom is -0.384 e. The van der Waals surface area contributed by atoms with Crippen molar-refractivity contribution in [3.05, 3.63) is 59.9 Å². The second-order valence-electron chi connectivity index (χ2n) is 8.04. The predicted molar refractivity (Wildman–Crippen MR) is 110 cm³/mol. The fourth-order valence-corrected chi connectivity index (χ4v) is 4.63. The number of hydrogen-bond donors (Lipinski definition) is 1. The summed E-state index contributed by atoms with van der Waals surface area (Å²) in [5.74, 6) is 0.907. The smallest absolute Gasteiger partial charge is 0.108 e. The molecule has 1 saturated carbocycles. The Bertz CT molecular complexity index is 707. The molecule has 2 aromatic rings. The molecule has 1 aromatic heterocycles. The minimum absolute atomic E-state index is 0.629. The van der Waals surface area contributed by atoms with E-state index in [9.17, 15) is 5.11 Å². The lowest BCUT2D eigenvalue weighted by Crippen LogP contribution is -2.48. The first-order valence-electron chi connectivity index (χ1n) is 10.5. The van der Waals surface area contributed by atoms with Crippen LogP contribution < -0.4 is 4.90 Å². The average molecular weight is 366 g/mol. The summed E-state index contributed by atoms with van der Waals surface area (Å²) >= 11 is 0. The first-order chi connectivity index (χ1) is 13.3. The number of hydrogen-bond acceptors (Lipinski definition) is 4. The van der Waals surface area contributed by atoms with Crippen molar-refractivity contribution in [2.24, 2.45) is 5.92 Å². The third-order valence-electron chi connectivity index (χ3n) is 6.19. The van der Waals surface area contributed by atoms with Crippen LogP contribution in [0.4, 0.5) is 5.69 Å². The molecule has 1 aliphatic carbocycles. The highest BCUT2D eigenvalue weighted by Gasteiger charge is 2.24. The molecule has 27 heavy (non-hydrogen) atoms. The van der Waals surface area contributed by atoms with Gasteiger partial charge in [0.05, 0.1) is 0 Å². The van der Waals surface area contributed by atoms with E-state index in [2.05, 4.69) is 26.9 Å². The molecule has 4 nitrogen and oxygen atoms in total. The fourth-order valence-electron chi connectivity index (χ4n) is 4.63. The Kier molecular flexibility index (Phi) is 6.05. The Balaban J connectivity index is 1.41. The van der Waals surface area contributed by atoms with Crippen LogP contribution in [0.15, 0.2) is 48.8 Å². The van der Waals surface area contributed by atoms with Crippen LogP contribution in [-0.2, 0) is 0 Å². The Morgan fingerprint density at radius 2 is 1.74 bits per heavy atom. The SMILES string of the molecule is OC(c1cccnc1)c1ccccc1N1CCN(CC2CCCCC2)CC1. The van der Waals surface area contributed by atoms with Crippen LogP contribution in [0.3, 0.4) is 0 Å². The van der Waals surface area contributed by atoms with Gasteiger partial charge in [-0.25, -0.2) is 0 Å². The second kappa shape index (κ2) is 8.85. The summed E-state index contributed by atoms with van der Waals surface area (Å²) in [5.41, 5.74) is 2.98. The lowest BCUT2D eigenvalue weighted by molar-refractivity contribution is 0.191. The van der Waals surface area contributed by atoms with E-state index in [1.165, 1.54) is 38.6 Å². The van der Waals surface area contributed by atoms with Crippen LogP contribution >= 0.6 is 0 Å². The molecule has 0 bridgehead atoms. The molecular formula is C23H31N3O. The number of pyridine rings is 1. The lowest BCUT2D eigenvalue weighted by atomic mass is 9.89. The van der Waals surface area contributed by atoms with Crippen molar-refractivity contribution in [2.45, 2.75) is 38.2 Å². The summed E-state index contributed by atoms with van der Waals surface area (Å²) in [4.78, 5) is 9.24. The van der Waals surface area contributed by atoms with Crippen molar-refractivity contribution in [1.29, 1.82) is 0 Å². The third-order valence-corrected chi connectivity index (χ3v) is 6.19.